The first-order valence-corrected chi connectivity index (χ1v) is 8.32. The maximum absolute atomic E-state index is 12.3. The van der Waals surface area contributed by atoms with Crippen molar-refractivity contribution in [1.29, 1.82) is 0 Å². The Kier molecular flexibility index (Phi) is 4.25. The molecule has 0 saturated carbocycles. The van der Waals surface area contributed by atoms with Crippen molar-refractivity contribution in [3.63, 3.8) is 0 Å². The summed E-state index contributed by atoms with van der Waals surface area (Å²) in [4.78, 5) is 0.273. The molecule has 5 nitrogen and oxygen atoms in total. The van der Waals surface area contributed by atoms with Gasteiger partial charge in [0, 0.05) is 6.07 Å². The Labute approximate surface area is 120 Å². The van der Waals surface area contributed by atoms with Gasteiger partial charge >= 0.3 is 0 Å². The fraction of sp³-hybridized carbons (Fsp3) is 0.571. The van der Waals surface area contributed by atoms with Crippen LogP contribution in [0, 0.1) is 5.41 Å². The first kappa shape index (κ1) is 15.1. The lowest BCUT2D eigenvalue weighted by atomic mass is 9.91. The zero-order chi connectivity index (χ0) is 14.8. The van der Waals surface area contributed by atoms with E-state index in [-0.39, 0.29) is 16.1 Å². The Balaban J connectivity index is 2.17. The Bertz CT molecular complexity index is 581. The summed E-state index contributed by atoms with van der Waals surface area (Å²) in [7, 11) is -3.33. The van der Waals surface area contributed by atoms with E-state index in [0.29, 0.717) is 37.7 Å². The molecule has 1 aliphatic rings. The lowest BCUT2D eigenvalue weighted by Crippen LogP contribution is -2.26. The van der Waals surface area contributed by atoms with Crippen LogP contribution in [0.15, 0.2) is 23.1 Å². The zero-order valence-corrected chi connectivity index (χ0v) is 12.7. The molecule has 0 bridgehead atoms. The van der Waals surface area contributed by atoms with Crippen molar-refractivity contribution in [2.24, 2.45) is 11.1 Å². The lowest BCUT2D eigenvalue weighted by molar-refractivity contribution is 0.171. The Morgan fingerprint density at radius 2 is 1.85 bits per heavy atom. The summed E-state index contributed by atoms with van der Waals surface area (Å²) < 4.78 is 35.5. The van der Waals surface area contributed by atoms with Crippen molar-refractivity contribution in [3.05, 3.63) is 18.2 Å². The molecule has 0 amide bonds. The molecule has 20 heavy (non-hydrogen) atoms. The highest BCUT2D eigenvalue weighted by molar-refractivity contribution is 7.91. The van der Waals surface area contributed by atoms with Gasteiger partial charge in [0.1, 0.15) is 13.2 Å². The molecule has 0 unspecified atom stereocenters. The van der Waals surface area contributed by atoms with Crippen LogP contribution < -0.4 is 15.2 Å². The van der Waals surface area contributed by atoms with Crippen LogP contribution in [0.2, 0.25) is 0 Å². The van der Waals surface area contributed by atoms with E-state index in [1.165, 1.54) is 0 Å². The van der Waals surface area contributed by atoms with E-state index in [0.717, 1.165) is 0 Å². The van der Waals surface area contributed by atoms with Gasteiger partial charge in [-0.1, -0.05) is 13.8 Å². The van der Waals surface area contributed by atoms with E-state index in [1.54, 1.807) is 18.2 Å². The van der Waals surface area contributed by atoms with Gasteiger partial charge in [-0.3, -0.25) is 0 Å². The summed E-state index contributed by atoms with van der Waals surface area (Å²) in [5, 5.41) is 0. The Morgan fingerprint density at radius 1 is 1.20 bits per heavy atom. The molecular formula is C14H21NO4S. The first-order chi connectivity index (χ1) is 9.34. The highest BCUT2D eigenvalue weighted by Gasteiger charge is 2.23. The predicted molar refractivity (Wildman–Crippen MR) is 76.9 cm³/mol. The second-order valence-electron chi connectivity index (χ2n) is 5.74. The second kappa shape index (κ2) is 5.61. The minimum absolute atomic E-state index is 0.0802. The highest BCUT2D eigenvalue weighted by atomic mass is 32.2. The van der Waals surface area contributed by atoms with Gasteiger partial charge in [0.15, 0.2) is 21.3 Å². The molecule has 0 fully saturated rings. The van der Waals surface area contributed by atoms with E-state index >= 15 is 0 Å². The number of hydrogen-bond donors (Lipinski definition) is 1. The lowest BCUT2D eigenvalue weighted by Gasteiger charge is -2.22. The number of rotatable bonds is 5. The minimum atomic E-state index is -3.33. The number of nitrogens with two attached hydrogens (primary N) is 1. The SMILES string of the molecule is CC(C)(CN)CCS(=O)(=O)c1ccc2c(c1)OCCO2. The molecule has 1 aromatic carbocycles. The molecule has 112 valence electrons. The van der Waals surface area contributed by atoms with Crippen molar-refractivity contribution in [2.75, 3.05) is 25.5 Å². The van der Waals surface area contributed by atoms with Crippen molar-refractivity contribution in [2.45, 2.75) is 25.2 Å². The molecule has 1 aliphatic heterocycles. The van der Waals surface area contributed by atoms with Crippen molar-refractivity contribution >= 4 is 9.84 Å². The van der Waals surface area contributed by atoms with Gasteiger partial charge in [-0.25, -0.2) is 8.42 Å². The fourth-order valence-electron chi connectivity index (χ4n) is 1.85. The molecular weight excluding hydrogens is 278 g/mol. The van der Waals surface area contributed by atoms with E-state index in [1.807, 2.05) is 13.8 Å². The standard InChI is InChI=1S/C14H21NO4S/c1-14(2,10-15)5-8-20(16,17)11-3-4-12-13(9-11)19-7-6-18-12/h3-4,9H,5-8,10,15H2,1-2H3. The van der Waals surface area contributed by atoms with Crippen LogP contribution in [0.3, 0.4) is 0 Å². The molecule has 0 atom stereocenters. The van der Waals surface area contributed by atoms with E-state index in [2.05, 4.69) is 0 Å². The van der Waals surface area contributed by atoms with Gasteiger partial charge < -0.3 is 15.2 Å². The van der Waals surface area contributed by atoms with Crippen molar-refractivity contribution in [3.8, 4) is 11.5 Å². The monoisotopic (exact) mass is 299 g/mol. The van der Waals surface area contributed by atoms with Crippen molar-refractivity contribution < 1.29 is 17.9 Å². The summed E-state index contributed by atoms with van der Waals surface area (Å²) >= 11 is 0. The van der Waals surface area contributed by atoms with Crippen LogP contribution in [0.25, 0.3) is 0 Å². The van der Waals surface area contributed by atoms with Crippen molar-refractivity contribution in [1.82, 2.24) is 0 Å². The summed E-state index contributed by atoms with van der Waals surface area (Å²) in [5.74, 6) is 1.17. The number of ether oxygens (including phenoxy) is 2. The number of benzene rings is 1. The Morgan fingerprint density at radius 3 is 2.50 bits per heavy atom. The predicted octanol–water partition coefficient (Wildman–Crippen LogP) is 1.61. The average molecular weight is 299 g/mol. The quantitative estimate of drug-likeness (QED) is 0.893. The molecule has 1 heterocycles. The van der Waals surface area contributed by atoms with Gasteiger partial charge in [-0.05, 0) is 30.5 Å². The van der Waals surface area contributed by atoms with E-state index in [9.17, 15) is 8.42 Å². The van der Waals surface area contributed by atoms with Crippen LogP contribution >= 0.6 is 0 Å². The molecule has 1 aromatic rings. The van der Waals surface area contributed by atoms with Crippen LogP contribution in [-0.2, 0) is 9.84 Å². The average Bonchev–Trinajstić information content (AvgIpc) is 2.45. The summed E-state index contributed by atoms with van der Waals surface area (Å²) in [6.45, 7) is 5.32. The van der Waals surface area contributed by atoms with E-state index in [4.69, 9.17) is 15.2 Å². The second-order valence-corrected chi connectivity index (χ2v) is 7.85. The summed E-state index contributed by atoms with van der Waals surface area (Å²) in [6, 6.07) is 4.76. The van der Waals surface area contributed by atoms with Gasteiger partial charge in [0.2, 0.25) is 0 Å². The van der Waals surface area contributed by atoms with Crippen LogP contribution in [0.1, 0.15) is 20.3 Å². The van der Waals surface area contributed by atoms with Gasteiger partial charge in [0.05, 0.1) is 10.6 Å². The number of sulfone groups is 1. The van der Waals surface area contributed by atoms with Crippen LogP contribution in [0.5, 0.6) is 11.5 Å². The molecule has 0 spiro atoms. The molecule has 0 aromatic heterocycles. The molecule has 0 radical (unpaired) electrons. The normalized spacial score (nSPS) is 15.2. The minimum Gasteiger partial charge on any atom is -0.486 e. The number of fused-ring (bicyclic) bond motifs is 1. The molecule has 0 saturated heterocycles. The molecule has 2 rings (SSSR count). The fourth-order valence-corrected chi connectivity index (χ4v) is 3.47. The Hall–Kier alpha value is -1.27. The third-order valence-electron chi connectivity index (χ3n) is 3.47. The third-order valence-corrected chi connectivity index (χ3v) is 5.19. The highest BCUT2D eigenvalue weighted by Crippen LogP contribution is 2.33. The van der Waals surface area contributed by atoms with Crippen LogP contribution in [0.4, 0.5) is 0 Å². The summed E-state index contributed by atoms with van der Waals surface area (Å²) in [6.07, 6.45) is 0.528. The summed E-state index contributed by atoms with van der Waals surface area (Å²) in [5.41, 5.74) is 5.45. The van der Waals surface area contributed by atoms with Crippen LogP contribution in [-0.4, -0.2) is 33.9 Å². The van der Waals surface area contributed by atoms with Gasteiger partial charge in [-0.15, -0.1) is 0 Å². The molecule has 2 N–H and O–H groups in total. The smallest absolute Gasteiger partial charge is 0.178 e. The maximum atomic E-state index is 12.3. The third kappa shape index (κ3) is 3.43. The first-order valence-electron chi connectivity index (χ1n) is 6.67. The van der Waals surface area contributed by atoms with E-state index < -0.39 is 9.84 Å². The molecule has 0 aliphatic carbocycles. The van der Waals surface area contributed by atoms with Gasteiger partial charge in [-0.2, -0.15) is 0 Å². The molecule has 6 heteroatoms. The number of hydrogen-bond acceptors (Lipinski definition) is 5. The topological polar surface area (TPSA) is 78.6 Å². The zero-order valence-electron chi connectivity index (χ0n) is 11.9. The largest absolute Gasteiger partial charge is 0.486 e. The maximum Gasteiger partial charge on any atom is 0.178 e. The van der Waals surface area contributed by atoms with Gasteiger partial charge in [0.25, 0.3) is 0 Å².